The molecule has 1 saturated heterocycles. The number of amides is 3. The Labute approximate surface area is 102 Å². The van der Waals surface area contributed by atoms with Crippen molar-refractivity contribution >= 4 is 18.2 Å². The third-order valence-corrected chi connectivity index (χ3v) is 2.59. The maximum atomic E-state index is 11.8. The summed E-state index contributed by atoms with van der Waals surface area (Å²) >= 11 is 0. The summed E-state index contributed by atoms with van der Waals surface area (Å²) in [5.41, 5.74) is 2.32. The van der Waals surface area contributed by atoms with Gasteiger partial charge in [0.2, 0.25) is 6.41 Å². The molecule has 0 aliphatic carbocycles. The molecule has 18 heavy (non-hydrogen) atoms. The van der Waals surface area contributed by atoms with E-state index in [9.17, 15) is 14.4 Å². The van der Waals surface area contributed by atoms with Gasteiger partial charge in [0, 0.05) is 26.2 Å². The molecule has 1 fully saturated rings. The Kier molecular flexibility index (Phi) is 3.51. The minimum Gasteiger partial charge on any atom is -0.342 e. The Hall–Kier alpha value is -2.45. The first-order valence-corrected chi connectivity index (χ1v) is 5.35. The highest BCUT2D eigenvalue weighted by Gasteiger charge is 2.25. The molecular weight excluding hydrogens is 240 g/mol. The van der Waals surface area contributed by atoms with E-state index >= 15 is 0 Å². The lowest BCUT2D eigenvalue weighted by atomic mass is 10.3. The van der Waals surface area contributed by atoms with Gasteiger partial charge in [-0.05, 0) is 0 Å². The molecule has 0 spiro atoms. The summed E-state index contributed by atoms with van der Waals surface area (Å²) in [6.45, 7) is 1.59. The molecule has 3 amide bonds. The van der Waals surface area contributed by atoms with E-state index in [1.165, 1.54) is 22.2 Å². The van der Waals surface area contributed by atoms with Crippen LogP contribution in [0, 0.1) is 0 Å². The van der Waals surface area contributed by atoms with E-state index in [0.29, 0.717) is 26.2 Å². The number of hydrogen-bond acceptors (Lipinski definition) is 5. The van der Waals surface area contributed by atoms with Gasteiger partial charge in [0.05, 0.1) is 0 Å². The van der Waals surface area contributed by atoms with Crippen LogP contribution in [0.15, 0.2) is 12.7 Å². The standard InChI is InChI=1S/C9H12N6O3/c16-7-13-1-3-14(4-2-13)9(18)8(17)12-15-5-10-11-6-15/h5-7H,1-4H2,(H,12,17). The summed E-state index contributed by atoms with van der Waals surface area (Å²) in [5.74, 6) is -1.39. The van der Waals surface area contributed by atoms with Gasteiger partial charge in [-0.25, -0.2) is 4.68 Å². The Morgan fingerprint density at radius 2 is 1.72 bits per heavy atom. The number of rotatable bonds is 2. The second-order valence-electron chi connectivity index (χ2n) is 3.74. The van der Waals surface area contributed by atoms with Crippen molar-refractivity contribution < 1.29 is 14.4 Å². The van der Waals surface area contributed by atoms with Gasteiger partial charge in [0.25, 0.3) is 0 Å². The normalized spacial score (nSPS) is 15.3. The van der Waals surface area contributed by atoms with Crippen LogP contribution in [0.5, 0.6) is 0 Å². The van der Waals surface area contributed by atoms with Gasteiger partial charge in [-0.3, -0.25) is 19.8 Å². The summed E-state index contributed by atoms with van der Waals surface area (Å²) in [6, 6.07) is 0. The van der Waals surface area contributed by atoms with Crippen LogP contribution >= 0.6 is 0 Å². The highest BCUT2D eigenvalue weighted by molar-refractivity contribution is 6.38. The van der Waals surface area contributed by atoms with Gasteiger partial charge in [-0.15, -0.1) is 10.2 Å². The number of nitrogens with zero attached hydrogens (tertiary/aromatic N) is 5. The predicted octanol–water partition coefficient (Wildman–Crippen LogP) is -2.35. The van der Waals surface area contributed by atoms with Gasteiger partial charge in [0.1, 0.15) is 12.7 Å². The van der Waals surface area contributed by atoms with Crippen molar-refractivity contribution in [2.24, 2.45) is 0 Å². The fourth-order valence-electron chi connectivity index (χ4n) is 1.60. The molecule has 0 atom stereocenters. The Bertz CT molecular complexity index is 437. The number of hydrogen-bond donors (Lipinski definition) is 1. The fourth-order valence-corrected chi connectivity index (χ4v) is 1.60. The van der Waals surface area contributed by atoms with E-state index in [2.05, 4.69) is 15.6 Å². The number of piperazine rings is 1. The molecular formula is C9H12N6O3. The highest BCUT2D eigenvalue weighted by atomic mass is 16.2. The maximum Gasteiger partial charge on any atom is 0.328 e. The zero-order valence-corrected chi connectivity index (χ0v) is 9.52. The van der Waals surface area contributed by atoms with Gasteiger partial charge in [-0.2, -0.15) is 0 Å². The van der Waals surface area contributed by atoms with E-state index in [1.807, 2.05) is 0 Å². The molecule has 0 bridgehead atoms. The van der Waals surface area contributed by atoms with Crippen LogP contribution in [0.2, 0.25) is 0 Å². The molecule has 9 nitrogen and oxygen atoms in total. The van der Waals surface area contributed by atoms with Crippen LogP contribution in [-0.2, 0) is 14.4 Å². The van der Waals surface area contributed by atoms with Gasteiger partial charge < -0.3 is 9.80 Å². The molecule has 1 aliphatic rings. The van der Waals surface area contributed by atoms with Crippen LogP contribution in [0.3, 0.4) is 0 Å². The maximum absolute atomic E-state index is 11.8. The number of carbonyl (C=O) groups is 3. The second-order valence-corrected chi connectivity index (χ2v) is 3.74. The lowest BCUT2D eigenvalue weighted by molar-refractivity contribution is -0.145. The summed E-state index contributed by atoms with van der Waals surface area (Å²) in [4.78, 5) is 36.8. The minimum absolute atomic E-state index is 0.354. The Balaban J connectivity index is 1.87. The molecule has 1 aromatic rings. The first kappa shape index (κ1) is 12.0. The fraction of sp³-hybridized carbons (Fsp3) is 0.444. The molecule has 1 N–H and O–H groups in total. The Morgan fingerprint density at radius 1 is 1.11 bits per heavy atom. The molecule has 2 rings (SSSR count). The van der Waals surface area contributed by atoms with Gasteiger partial charge in [0.15, 0.2) is 0 Å². The van der Waals surface area contributed by atoms with Crippen molar-refractivity contribution in [3.8, 4) is 0 Å². The van der Waals surface area contributed by atoms with E-state index in [1.54, 1.807) is 4.90 Å². The molecule has 9 heteroatoms. The van der Waals surface area contributed by atoms with Crippen LogP contribution < -0.4 is 5.43 Å². The second kappa shape index (κ2) is 5.25. The van der Waals surface area contributed by atoms with Crippen molar-refractivity contribution in [3.63, 3.8) is 0 Å². The third-order valence-electron chi connectivity index (χ3n) is 2.59. The van der Waals surface area contributed by atoms with Crippen molar-refractivity contribution in [2.75, 3.05) is 31.6 Å². The van der Waals surface area contributed by atoms with E-state index in [-0.39, 0.29) is 0 Å². The average Bonchev–Trinajstić information content (AvgIpc) is 2.91. The zero-order valence-electron chi connectivity index (χ0n) is 9.52. The van der Waals surface area contributed by atoms with E-state index in [0.717, 1.165) is 6.41 Å². The van der Waals surface area contributed by atoms with E-state index < -0.39 is 11.8 Å². The minimum atomic E-state index is -0.755. The van der Waals surface area contributed by atoms with Gasteiger partial charge >= 0.3 is 11.8 Å². The topological polar surface area (TPSA) is 100 Å². The van der Waals surface area contributed by atoms with Crippen LogP contribution in [0.1, 0.15) is 0 Å². The quantitative estimate of drug-likeness (QED) is 0.469. The lowest BCUT2D eigenvalue weighted by Crippen LogP contribution is -2.51. The average molecular weight is 252 g/mol. The Morgan fingerprint density at radius 3 is 2.28 bits per heavy atom. The van der Waals surface area contributed by atoms with Crippen LogP contribution in [-0.4, -0.2) is 69.1 Å². The SMILES string of the molecule is O=CN1CCN(C(=O)C(=O)Nn2cnnc2)CC1. The zero-order chi connectivity index (χ0) is 13.0. The molecule has 0 radical (unpaired) electrons. The predicted molar refractivity (Wildman–Crippen MR) is 58.6 cm³/mol. The van der Waals surface area contributed by atoms with Gasteiger partial charge in [-0.1, -0.05) is 0 Å². The first-order chi connectivity index (χ1) is 8.70. The van der Waals surface area contributed by atoms with Crippen LogP contribution in [0.25, 0.3) is 0 Å². The molecule has 1 aliphatic heterocycles. The highest BCUT2D eigenvalue weighted by Crippen LogP contribution is 2.00. The number of nitrogens with one attached hydrogen (secondary N) is 1. The monoisotopic (exact) mass is 252 g/mol. The summed E-state index contributed by atoms with van der Waals surface area (Å²) < 4.78 is 1.20. The smallest absolute Gasteiger partial charge is 0.328 e. The first-order valence-electron chi connectivity index (χ1n) is 5.35. The number of carbonyl (C=O) groups excluding carboxylic acids is 3. The summed E-state index contributed by atoms with van der Waals surface area (Å²) in [7, 11) is 0. The molecule has 96 valence electrons. The van der Waals surface area contributed by atoms with E-state index in [4.69, 9.17) is 0 Å². The third kappa shape index (κ3) is 2.62. The van der Waals surface area contributed by atoms with Crippen molar-refractivity contribution in [1.82, 2.24) is 24.7 Å². The molecule has 0 saturated carbocycles. The molecule has 0 aromatic carbocycles. The summed E-state index contributed by atoms with van der Waals surface area (Å²) in [6.07, 6.45) is 3.28. The molecule has 1 aromatic heterocycles. The van der Waals surface area contributed by atoms with Crippen molar-refractivity contribution in [3.05, 3.63) is 12.7 Å². The summed E-state index contributed by atoms with van der Waals surface area (Å²) in [5, 5.41) is 6.99. The van der Waals surface area contributed by atoms with Crippen molar-refractivity contribution in [1.29, 1.82) is 0 Å². The molecule has 2 heterocycles. The largest absolute Gasteiger partial charge is 0.342 e. The van der Waals surface area contributed by atoms with Crippen LogP contribution in [0.4, 0.5) is 0 Å². The number of aromatic nitrogens is 3. The molecule has 0 unspecified atom stereocenters. The van der Waals surface area contributed by atoms with Crippen molar-refractivity contribution in [2.45, 2.75) is 0 Å². The lowest BCUT2D eigenvalue weighted by Gasteiger charge is -2.31.